The second-order valence-electron chi connectivity index (χ2n) is 5.43. The normalized spacial score (nSPS) is 16.2. The Balaban J connectivity index is 1.80. The number of hydrogen-bond acceptors (Lipinski definition) is 4. The molecule has 1 aromatic carbocycles. The summed E-state index contributed by atoms with van der Waals surface area (Å²) in [6, 6.07) is 7.85. The molecule has 0 aliphatic heterocycles. The second-order valence-corrected chi connectivity index (χ2v) is 5.43. The van der Waals surface area contributed by atoms with Crippen LogP contribution in [0.1, 0.15) is 19.8 Å². The van der Waals surface area contributed by atoms with Crippen LogP contribution in [0.3, 0.4) is 0 Å². The lowest BCUT2D eigenvalue weighted by molar-refractivity contribution is 0.200. The summed E-state index contributed by atoms with van der Waals surface area (Å²) in [6.07, 6.45) is 5.49. The van der Waals surface area contributed by atoms with Crippen molar-refractivity contribution in [2.24, 2.45) is 0 Å². The number of fused-ring (bicyclic) bond motifs is 1. The summed E-state index contributed by atoms with van der Waals surface area (Å²) in [7, 11) is 0. The van der Waals surface area contributed by atoms with Crippen molar-refractivity contribution in [3.05, 3.63) is 36.8 Å². The first-order valence-corrected chi connectivity index (χ1v) is 6.67. The third-order valence-corrected chi connectivity index (χ3v) is 3.68. The second kappa shape index (κ2) is 4.03. The molecule has 0 amide bonds. The van der Waals surface area contributed by atoms with Gasteiger partial charge in [0.05, 0.1) is 11.2 Å². The summed E-state index contributed by atoms with van der Waals surface area (Å²) in [6.45, 7) is 2.14. The molecule has 3 aromatic rings. The molecule has 5 nitrogen and oxygen atoms in total. The Hall–Kier alpha value is -2.43. The molecule has 100 valence electrons. The number of hydrogen-bond donors (Lipinski definition) is 1. The first kappa shape index (κ1) is 11.4. The fourth-order valence-electron chi connectivity index (χ4n) is 2.25. The molecule has 0 unspecified atom stereocenters. The van der Waals surface area contributed by atoms with E-state index < -0.39 is 0 Å². The van der Waals surface area contributed by atoms with Crippen molar-refractivity contribution in [2.45, 2.75) is 25.4 Å². The van der Waals surface area contributed by atoms with Crippen molar-refractivity contribution in [2.75, 3.05) is 0 Å². The van der Waals surface area contributed by atoms with Crippen LogP contribution in [-0.4, -0.2) is 25.8 Å². The topological polar surface area (TPSA) is 63.7 Å². The predicted molar refractivity (Wildman–Crippen MR) is 75.4 cm³/mol. The van der Waals surface area contributed by atoms with E-state index in [2.05, 4.69) is 27.1 Å². The van der Waals surface area contributed by atoms with Crippen molar-refractivity contribution >= 4 is 10.9 Å². The first-order chi connectivity index (χ1) is 9.73. The molecule has 0 saturated heterocycles. The van der Waals surface area contributed by atoms with Crippen molar-refractivity contribution in [3.63, 3.8) is 0 Å². The third kappa shape index (κ3) is 1.91. The van der Waals surface area contributed by atoms with Gasteiger partial charge < -0.3 is 4.74 Å². The van der Waals surface area contributed by atoms with Crippen LogP contribution < -0.4 is 4.74 Å². The van der Waals surface area contributed by atoms with E-state index in [0.717, 1.165) is 40.9 Å². The van der Waals surface area contributed by atoms with Crippen LogP contribution in [0.4, 0.5) is 0 Å². The van der Waals surface area contributed by atoms with Gasteiger partial charge in [-0.1, -0.05) is 0 Å². The number of H-pyrrole nitrogens is 1. The van der Waals surface area contributed by atoms with Gasteiger partial charge >= 0.3 is 0 Å². The zero-order chi connectivity index (χ0) is 13.6. The number of aromatic amines is 1. The molecule has 5 heteroatoms. The smallest absolute Gasteiger partial charge is 0.120 e. The molecule has 2 heterocycles. The van der Waals surface area contributed by atoms with E-state index in [1.54, 1.807) is 6.20 Å². The highest BCUT2D eigenvalue weighted by atomic mass is 16.5. The minimum Gasteiger partial charge on any atom is -0.488 e. The van der Waals surface area contributed by atoms with Crippen LogP contribution in [0, 0.1) is 0 Å². The van der Waals surface area contributed by atoms with Crippen molar-refractivity contribution in [3.8, 4) is 17.1 Å². The van der Waals surface area contributed by atoms with Crippen LogP contribution in [0.5, 0.6) is 5.75 Å². The molecule has 0 spiro atoms. The van der Waals surface area contributed by atoms with Gasteiger partial charge in [-0.05, 0) is 44.0 Å². The highest BCUT2D eigenvalue weighted by Gasteiger charge is 2.40. The molecule has 0 atom stereocenters. The molecule has 0 bridgehead atoms. The Labute approximate surface area is 116 Å². The van der Waals surface area contributed by atoms with E-state index in [1.807, 2.05) is 24.3 Å². The summed E-state index contributed by atoms with van der Waals surface area (Å²) in [5.41, 5.74) is 2.63. The van der Waals surface area contributed by atoms with Crippen LogP contribution in [0.2, 0.25) is 0 Å². The number of aromatic nitrogens is 4. The highest BCUT2D eigenvalue weighted by Crippen LogP contribution is 2.40. The lowest BCUT2D eigenvalue weighted by Gasteiger charge is -2.12. The van der Waals surface area contributed by atoms with Crippen LogP contribution in [0.25, 0.3) is 22.3 Å². The Morgan fingerprint density at radius 2 is 2.15 bits per heavy atom. The summed E-state index contributed by atoms with van der Waals surface area (Å²) in [5.74, 6) is 0.884. The maximum absolute atomic E-state index is 6.01. The summed E-state index contributed by atoms with van der Waals surface area (Å²) < 4.78 is 6.01. The van der Waals surface area contributed by atoms with Gasteiger partial charge in [-0.3, -0.25) is 5.10 Å². The SMILES string of the molecule is CC1(Oc2ccc3[nH]nc(-c4ccncn4)c3c2)CC1. The fraction of sp³-hybridized carbons (Fsp3) is 0.267. The number of benzene rings is 1. The van der Waals surface area contributed by atoms with Crippen molar-refractivity contribution in [1.29, 1.82) is 0 Å². The molecule has 2 aromatic heterocycles. The standard InChI is InChI=1S/C15H14N4O/c1-15(5-6-15)20-10-2-3-12-11(8-10)14(19-18-12)13-4-7-16-9-17-13/h2-4,7-9H,5-6H2,1H3,(H,18,19). The lowest BCUT2D eigenvalue weighted by atomic mass is 10.1. The minimum absolute atomic E-state index is 0.0203. The number of ether oxygens (including phenoxy) is 1. The molecular formula is C15H14N4O. The zero-order valence-corrected chi connectivity index (χ0v) is 11.1. The Kier molecular flexibility index (Phi) is 2.30. The maximum atomic E-state index is 6.01. The van der Waals surface area contributed by atoms with E-state index in [-0.39, 0.29) is 5.60 Å². The zero-order valence-electron chi connectivity index (χ0n) is 11.1. The van der Waals surface area contributed by atoms with Crippen LogP contribution >= 0.6 is 0 Å². The number of nitrogens with zero attached hydrogens (tertiary/aromatic N) is 3. The molecule has 1 fully saturated rings. The van der Waals surface area contributed by atoms with Gasteiger partial charge in [-0.2, -0.15) is 5.10 Å². The summed E-state index contributed by atoms with van der Waals surface area (Å²) in [4.78, 5) is 8.19. The van der Waals surface area contributed by atoms with Gasteiger partial charge in [0.1, 0.15) is 23.4 Å². The molecule has 1 aliphatic rings. The molecule has 1 aliphatic carbocycles. The van der Waals surface area contributed by atoms with Gasteiger partial charge in [0.15, 0.2) is 0 Å². The quantitative estimate of drug-likeness (QED) is 0.791. The molecule has 20 heavy (non-hydrogen) atoms. The Morgan fingerprint density at radius 1 is 1.25 bits per heavy atom. The molecular weight excluding hydrogens is 252 g/mol. The van der Waals surface area contributed by atoms with E-state index in [0.29, 0.717) is 0 Å². The van der Waals surface area contributed by atoms with E-state index in [1.165, 1.54) is 6.33 Å². The summed E-state index contributed by atoms with van der Waals surface area (Å²) in [5, 5.41) is 8.39. The van der Waals surface area contributed by atoms with Gasteiger partial charge in [0.2, 0.25) is 0 Å². The highest BCUT2D eigenvalue weighted by molar-refractivity contribution is 5.92. The van der Waals surface area contributed by atoms with Gasteiger partial charge in [-0.25, -0.2) is 9.97 Å². The van der Waals surface area contributed by atoms with Gasteiger partial charge in [0.25, 0.3) is 0 Å². The minimum atomic E-state index is 0.0203. The van der Waals surface area contributed by atoms with Gasteiger partial charge in [0, 0.05) is 11.6 Å². The lowest BCUT2D eigenvalue weighted by Crippen LogP contribution is -2.11. The van der Waals surface area contributed by atoms with E-state index in [4.69, 9.17) is 4.74 Å². The number of rotatable bonds is 3. The maximum Gasteiger partial charge on any atom is 0.120 e. The monoisotopic (exact) mass is 266 g/mol. The van der Waals surface area contributed by atoms with Crippen LogP contribution in [-0.2, 0) is 0 Å². The van der Waals surface area contributed by atoms with Crippen molar-refractivity contribution in [1.82, 2.24) is 20.2 Å². The fourth-order valence-corrected chi connectivity index (χ4v) is 2.25. The molecule has 1 saturated carbocycles. The molecule has 4 rings (SSSR count). The summed E-state index contributed by atoms with van der Waals surface area (Å²) >= 11 is 0. The molecule has 1 N–H and O–H groups in total. The largest absolute Gasteiger partial charge is 0.488 e. The Morgan fingerprint density at radius 3 is 2.90 bits per heavy atom. The third-order valence-electron chi connectivity index (χ3n) is 3.68. The van der Waals surface area contributed by atoms with E-state index in [9.17, 15) is 0 Å². The predicted octanol–water partition coefficient (Wildman–Crippen LogP) is 2.95. The number of nitrogens with one attached hydrogen (secondary N) is 1. The van der Waals surface area contributed by atoms with Crippen LogP contribution in [0.15, 0.2) is 36.8 Å². The van der Waals surface area contributed by atoms with E-state index >= 15 is 0 Å². The van der Waals surface area contributed by atoms with Gasteiger partial charge in [-0.15, -0.1) is 0 Å². The first-order valence-electron chi connectivity index (χ1n) is 6.67. The average Bonchev–Trinajstić information content (AvgIpc) is 3.04. The Bertz CT molecular complexity index is 762. The van der Waals surface area contributed by atoms with Crippen molar-refractivity contribution < 1.29 is 4.74 Å². The molecule has 0 radical (unpaired) electrons. The average molecular weight is 266 g/mol.